The molecule has 0 aliphatic rings. The maximum Gasteiger partial charge on any atom is 2.00 e. The van der Waals surface area contributed by atoms with Crippen LogP contribution in [0.2, 0.25) is 0 Å². The van der Waals surface area contributed by atoms with Crippen LogP contribution < -0.4 is 9.41 Å². The van der Waals surface area contributed by atoms with E-state index in [9.17, 15) is 12.6 Å². The Hall–Kier alpha value is 0.599. The Kier molecular flexibility index (Phi) is 58.3. The van der Waals surface area contributed by atoms with Gasteiger partial charge in [0.15, 0.2) is 0 Å². The fourth-order valence-corrected chi connectivity index (χ4v) is 0. The van der Waals surface area contributed by atoms with Gasteiger partial charge >= 0.3 is 25.9 Å². The van der Waals surface area contributed by atoms with Crippen molar-refractivity contribution in [3.05, 3.63) is 0 Å². The van der Waals surface area contributed by atoms with E-state index in [1.54, 1.807) is 0 Å². The van der Waals surface area contributed by atoms with Gasteiger partial charge in [0.2, 0.25) is 0 Å². The van der Waals surface area contributed by atoms with Gasteiger partial charge in [-0.15, -0.1) is 0 Å². The molecule has 0 spiro atoms. The Morgan fingerprint density at radius 2 is 0.857 bits per heavy atom. The smallest absolute Gasteiger partial charge is 1.00 e. The van der Waals surface area contributed by atoms with E-state index in [0.717, 1.165) is 0 Å². The third kappa shape index (κ3) is 388. The molecule has 0 saturated heterocycles. The predicted octanol–water partition coefficient (Wildman–Crippen LogP) is -3.87. The first kappa shape index (κ1) is 25.5. The molecule has 1 radical (unpaired) electrons. The largest absolute Gasteiger partial charge is 2.00 e. The molecule has 0 rings (SSSR count). The summed E-state index contributed by atoms with van der Waals surface area (Å²) < 4.78 is 29.2. The molecule has 0 aliphatic heterocycles. The number of rotatable bonds is 0. The van der Waals surface area contributed by atoms with E-state index in [0.29, 0.717) is 0 Å². The summed E-state index contributed by atoms with van der Waals surface area (Å²) in [6, 6.07) is 0. The molecule has 0 nitrogen and oxygen atoms in total. The first-order chi connectivity index (χ1) is 1.73. The van der Waals surface area contributed by atoms with Crippen LogP contribution in [0.5, 0.6) is 0 Å². The molecule has 7 heavy (non-hydrogen) atoms. The summed E-state index contributed by atoms with van der Waals surface area (Å²) in [7, 11) is -4.12. The molecule has 0 aromatic carbocycles. The summed E-state index contributed by atoms with van der Waals surface area (Å²) in [5, 5.41) is 0. The van der Waals surface area contributed by atoms with Crippen molar-refractivity contribution in [2.45, 2.75) is 0 Å². The Morgan fingerprint density at radius 1 is 0.857 bits per heavy atom. The number of halogens is 5. The van der Waals surface area contributed by atoms with Crippen molar-refractivity contribution in [2.24, 2.45) is 0 Å². The number of hydrogen-bond acceptors (Lipinski definition) is 0. The fraction of sp³-hybridized carbons (Fsp3) is 0. The second-order valence-corrected chi connectivity index (χ2v) is 0.575. The standard InChI is InChI=1S/Cu.F3P.2FH/c;1-4(2)3;;/h;;2*1H/q+2;;;/p-2. The molecule has 0 bridgehead atoms. The zero-order valence-corrected chi connectivity index (χ0v) is 4.47. The van der Waals surface area contributed by atoms with Crippen LogP contribution in [0.1, 0.15) is 0 Å². The van der Waals surface area contributed by atoms with Crippen molar-refractivity contribution < 1.29 is 39.1 Å². The predicted molar refractivity (Wildman–Crippen MR) is 10.2 cm³/mol. The van der Waals surface area contributed by atoms with Crippen LogP contribution in [0.4, 0.5) is 12.6 Å². The Labute approximate surface area is 48.8 Å². The Balaban J connectivity index is -0.0000000150. The summed E-state index contributed by atoms with van der Waals surface area (Å²) in [6.07, 6.45) is 0. The molecule has 0 aromatic heterocycles. The zero-order valence-electron chi connectivity index (χ0n) is 2.64. The van der Waals surface area contributed by atoms with Gasteiger partial charge in [-0.2, -0.15) is 12.6 Å². The van der Waals surface area contributed by atoms with Crippen LogP contribution >= 0.6 is 8.85 Å². The average Bonchev–Trinajstić information content (AvgIpc) is 0.811. The van der Waals surface area contributed by atoms with E-state index in [1.165, 1.54) is 0 Å². The first-order valence-corrected chi connectivity index (χ1v) is 1.52. The molecular weight excluding hydrogens is 190 g/mol. The van der Waals surface area contributed by atoms with Crippen molar-refractivity contribution in [1.82, 2.24) is 0 Å². The van der Waals surface area contributed by atoms with Crippen LogP contribution in [-0.4, -0.2) is 0 Å². The minimum absolute atomic E-state index is 0. The zero-order chi connectivity index (χ0) is 3.58. The molecule has 0 saturated carbocycles. The van der Waals surface area contributed by atoms with Crippen molar-refractivity contribution in [2.75, 3.05) is 0 Å². The van der Waals surface area contributed by atoms with E-state index in [1.807, 2.05) is 0 Å². The molecule has 0 atom stereocenters. The van der Waals surface area contributed by atoms with E-state index < -0.39 is 8.85 Å². The molecular formula is CuF5P. The van der Waals surface area contributed by atoms with Crippen molar-refractivity contribution in [3.63, 3.8) is 0 Å². The van der Waals surface area contributed by atoms with E-state index in [2.05, 4.69) is 0 Å². The van der Waals surface area contributed by atoms with Gasteiger partial charge in [0.05, 0.1) is 0 Å². The third-order valence-corrected chi connectivity index (χ3v) is 0. The molecule has 0 amide bonds. The summed E-state index contributed by atoms with van der Waals surface area (Å²) in [5.74, 6) is 0. The summed E-state index contributed by atoms with van der Waals surface area (Å²) >= 11 is 0. The Morgan fingerprint density at radius 3 is 0.857 bits per heavy atom. The van der Waals surface area contributed by atoms with E-state index in [-0.39, 0.29) is 26.5 Å². The summed E-state index contributed by atoms with van der Waals surface area (Å²) in [5.41, 5.74) is 0. The van der Waals surface area contributed by atoms with Crippen LogP contribution in [0.15, 0.2) is 0 Å². The maximum atomic E-state index is 9.73. The van der Waals surface area contributed by atoms with E-state index in [4.69, 9.17) is 0 Å². The quantitative estimate of drug-likeness (QED) is 0.208. The van der Waals surface area contributed by atoms with Crippen LogP contribution in [-0.2, 0) is 17.1 Å². The van der Waals surface area contributed by atoms with Gasteiger partial charge in [-0.3, -0.25) is 0 Å². The second-order valence-electron chi connectivity index (χ2n) is 0.192. The molecule has 0 aromatic rings. The van der Waals surface area contributed by atoms with Gasteiger partial charge in [-0.05, 0) is 0 Å². The summed E-state index contributed by atoms with van der Waals surface area (Å²) in [4.78, 5) is 0. The maximum absolute atomic E-state index is 9.73. The van der Waals surface area contributed by atoms with Crippen LogP contribution in [0.3, 0.4) is 0 Å². The van der Waals surface area contributed by atoms with Crippen LogP contribution in [0, 0.1) is 0 Å². The molecule has 51 valence electrons. The fourth-order valence-electron chi connectivity index (χ4n) is 0. The van der Waals surface area contributed by atoms with Crippen LogP contribution in [0.25, 0.3) is 0 Å². The molecule has 0 fully saturated rings. The van der Waals surface area contributed by atoms with Crippen molar-refractivity contribution in [1.29, 1.82) is 0 Å². The van der Waals surface area contributed by atoms with Gasteiger partial charge in [-0.25, -0.2) is 0 Å². The van der Waals surface area contributed by atoms with Gasteiger partial charge in [0, 0.05) is 0 Å². The van der Waals surface area contributed by atoms with Crippen molar-refractivity contribution >= 4 is 8.85 Å². The van der Waals surface area contributed by atoms with E-state index >= 15 is 0 Å². The second kappa shape index (κ2) is 16.0. The normalized spacial score (nSPS) is 5.14. The number of hydrogen-bond donors (Lipinski definition) is 0. The molecule has 7 heteroatoms. The minimum atomic E-state index is -4.12. The molecule has 0 unspecified atom stereocenters. The Bertz CT molecular complexity index is 12.8. The van der Waals surface area contributed by atoms with Gasteiger partial charge in [-0.1, -0.05) is 0 Å². The summed E-state index contributed by atoms with van der Waals surface area (Å²) in [6.45, 7) is 0. The monoisotopic (exact) mass is 189 g/mol. The van der Waals surface area contributed by atoms with Gasteiger partial charge < -0.3 is 9.41 Å². The average molecular weight is 190 g/mol. The SMILES string of the molecule is FP(F)F.[Cu+2].[F-].[F-]. The topological polar surface area (TPSA) is 0 Å². The first-order valence-electron chi connectivity index (χ1n) is 0.507. The van der Waals surface area contributed by atoms with Crippen molar-refractivity contribution in [3.8, 4) is 0 Å². The molecule has 0 heterocycles. The molecule has 0 N–H and O–H groups in total. The van der Waals surface area contributed by atoms with Gasteiger partial charge in [0.1, 0.15) is 0 Å². The minimum Gasteiger partial charge on any atom is -1.00 e. The van der Waals surface area contributed by atoms with Gasteiger partial charge in [0.25, 0.3) is 0 Å². The molecule has 0 aliphatic carbocycles. The third-order valence-electron chi connectivity index (χ3n) is 0.